The molecule has 2 aromatic carbocycles. The maximum absolute atomic E-state index is 13.5. The van der Waals surface area contributed by atoms with Crippen LogP contribution >= 0.6 is 0 Å². The zero-order valence-corrected chi connectivity index (χ0v) is 19.1. The van der Waals surface area contributed by atoms with Gasteiger partial charge in [-0.3, -0.25) is 4.90 Å². The van der Waals surface area contributed by atoms with Gasteiger partial charge in [-0.15, -0.1) is 0 Å². The number of nitrogens with zero attached hydrogens (tertiary/aromatic N) is 4. The zero-order valence-electron chi connectivity index (χ0n) is 19.1. The molecule has 33 heavy (non-hydrogen) atoms. The number of nitriles is 1. The lowest BCUT2D eigenvalue weighted by Gasteiger charge is -2.34. The van der Waals surface area contributed by atoms with Crippen molar-refractivity contribution in [3.8, 4) is 6.07 Å². The Bertz CT molecular complexity index is 1030. The Balaban J connectivity index is 1.24. The lowest BCUT2D eigenvalue weighted by molar-refractivity contribution is 0.0689. The number of hydrogen-bond donors (Lipinski definition) is 1. The molecule has 6 heteroatoms. The van der Waals surface area contributed by atoms with Crippen LogP contribution in [-0.4, -0.2) is 63.7 Å². The lowest BCUT2D eigenvalue weighted by atomic mass is 9.90. The Morgan fingerprint density at radius 2 is 1.67 bits per heavy atom. The van der Waals surface area contributed by atoms with Crippen molar-refractivity contribution in [1.82, 2.24) is 14.7 Å². The number of carbonyl (C=O) groups is 1. The van der Waals surface area contributed by atoms with Gasteiger partial charge in [-0.2, -0.15) is 5.26 Å². The van der Waals surface area contributed by atoms with Gasteiger partial charge in [0.05, 0.1) is 29.8 Å². The molecule has 6 nitrogen and oxygen atoms in total. The number of β-amino-alcohol motifs (C(OH)–C–C–N with tert-alkyl or cyclic N) is 1. The number of hydrogen-bond acceptors (Lipinski definition) is 4. The third-order valence-electron chi connectivity index (χ3n) is 7.51. The molecule has 1 N–H and O–H groups in total. The predicted molar refractivity (Wildman–Crippen MR) is 126 cm³/mol. The summed E-state index contributed by atoms with van der Waals surface area (Å²) in [7, 11) is 0. The number of benzene rings is 2. The number of urea groups is 1. The average molecular weight is 445 g/mol. The predicted octanol–water partition coefficient (Wildman–Crippen LogP) is 3.53. The molecular weight excluding hydrogens is 412 g/mol. The Morgan fingerprint density at radius 3 is 2.39 bits per heavy atom. The van der Waals surface area contributed by atoms with Gasteiger partial charge in [-0.1, -0.05) is 49.2 Å². The summed E-state index contributed by atoms with van der Waals surface area (Å²) in [6.45, 7) is 3.34. The highest BCUT2D eigenvalue weighted by Gasteiger charge is 2.46. The largest absolute Gasteiger partial charge is 0.390 e. The second-order valence-electron chi connectivity index (χ2n) is 9.70. The number of amides is 2. The number of aliphatic hydroxyl groups excluding tert-OH is 1. The molecule has 1 saturated carbocycles. The Kier molecular flexibility index (Phi) is 6.34. The summed E-state index contributed by atoms with van der Waals surface area (Å²) in [6, 6.07) is 18.6. The minimum Gasteiger partial charge on any atom is -0.390 e. The Morgan fingerprint density at radius 1 is 0.970 bits per heavy atom. The van der Waals surface area contributed by atoms with Crippen LogP contribution in [0, 0.1) is 11.3 Å². The number of rotatable bonds is 6. The van der Waals surface area contributed by atoms with Gasteiger partial charge in [-0.25, -0.2) is 4.79 Å². The third kappa shape index (κ3) is 4.62. The molecule has 0 aromatic heterocycles. The molecule has 3 aliphatic rings. The SMILES string of the molecule is N#Cc1ccc(CN2C(=O)N(CC(O)CN3CCc4ccccc4C3)C3CCCC[C@@H]32)cc1. The first-order valence-corrected chi connectivity index (χ1v) is 12.2. The van der Waals surface area contributed by atoms with Gasteiger partial charge in [0.2, 0.25) is 0 Å². The van der Waals surface area contributed by atoms with Crippen molar-refractivity contribution in [2.45, 2.75) is 63.4 Å². The highest BCUT2D eigenvalue weighted by Crippen LogP contribution is 2.35. The first-order chi connectivity index (χ1) is 16.1. The molecule has 0 radical (unpaired) electrons. The highest BCUT2D eigenvalue weighted by molar-refractivity contribution is 5.78. The van der Waals surface area contributed by atoms with Gasteiger partial charge in [0.15, 0.2) is 0 Å². The van der Waals surface area contributed by atoms with E-state index < -0.39 is 6.10 Å². The fourth-order valence-electron chi connectivity index (χ4n) is 5.84. The van der Waals surface area contributed by atoms with E-state index in [-0.39, 0.29) is 18.1 Å². The van der Waals surface area contributed by atoms with Crippen LogP contribution in [0.1, 0.15) is 47.9 Å². The Labute approximate surface area is 196 Å². The molecule has 2 heterocycles. The van der Waals surface area contributed by atoms with E-state index in [1.807, 2.05) is 34.1 Å². The third-order valence-corrected chi connectivity index (χ3v) is 7.51. The average Bonchev–Trinajstić information content (AvgIpc) is 3.10. The van der Waals surface area contributed by atoms with Gasteiger partial charge >= 0.3 is 6.03 Å². The maximum Gasteiger partial charge on any atom is 0.321 e. The van der Waals surface area contributed by atoms with Gasteiger partial charge in [0.25, 0.3) is 0 Å². The van der Waals surface area contributed by atoms with Gasteiger partial charge in [0.1, 0.15) is 0 Å². The van der Waals surface area contributed by atoms with Gasteiger partial charge in [0, 0.05) is 32.7 Å². The quantitative estimate of drug-likeness (QED) is 0.740. The van der Waals surface area contributed by atoms with E-state index >= 15 is 0 Å². The molecule has 2 unspecified atom stereocenters. The van der Waals surface area contributed by atoms with Crippen LogP contribution in [-0.2, 0) is 19.5 Å². The molecule has 2 amide bonds. The fraction of sp³-hybridized carbons (Fsp3) is 0.481. The number of aliphatic hydroxyl groups is 1. The minimum absolute atomic E-state index is 0.0410. The van der Waals surface area contributed by atoms with Crippen LogP contribution in [0.3, 0.4) is 0 Å². The zero-order chi connectivity index (χ0) is 22.8. The molecule has 1 saturated heterocycles. The molecule has 5 rings (SSSR count). The second-order valence-corrected chi connectivity index (χ2v) is 9.70. The standard InChI is InChI=1S/C27H32N4O2/c28-15-20-9-11-21(12-10-20)16-30-25-7-3-4-8-26(25)31(27(30)33)19-24(32)18-29-14-13-22-5-1-2-6-23(22)17-29/h1-2,5-6,9-12,24-26,32H,3-4,7-8,13-14,16-19H2/t24?,25-,26?/m0/s1. The molecule has 0 spiro atoms. The minimum atomic E-state index is -0.559. The van der Waals surface area contributed by atoms with E-state index in [2.05, 4.69) is 35.2 Å². The van der Waals surface area contributed by atoms with Crippen LogP contribution in [0.25, 0.3) is 0 Å². The van der Waals surface area contributed by atoms with Crippen LogP contribution in [0.4, 0.5) is 4.79 Å². The first-order valence-electron chi connectivity index (χ1n) is 12.2. The van der Waals surface area contributed by atoms with Crippen molar-refractivity contribution in [3.05, 3.63) is 70.8 Å². The van der Waals surface area contributed by atoms with Crippen molar-refractivity contribution >= 4 is 6.03 Å². The smallest absolute Gasteiger partial charge is 0.321 e. The topological polar surface area (TPSA) is 70.8 Å². The van der Waals surface area contributed by atoms with E-state index in [1.54, 1.807) is 0 Å². The normalized spacial score (nSPS) is 23.7. The van der Waals surface area contributed by atoms with E-state index in [1.165, 1.54) is 11.1 Å². The van der Waals surface area contributed by atoms with Crippen LogP contribution in [0.2, 0.25) is 0 Å². The lowest BCUT2D eigenvalue weighted by Crippen LogP contribution is -2.46. The monoisotopic (exact) mass is 444 g/mol. The van der Waals surface area contributed by atoms with E-state index in [9.17, 15) is 9.90 Å². The number of fused-ring (bicyclic) bond motifs is 2. The summed E-state index contributed by atoms with van der Waals surface area (Å²) >= 11 is 0. The molecule has 0 bridgehead atoms. The van der Waals surface area contributed by atoms with Crippen LogP contribution < -0.4 is 0 Å². The summed E-state index contributed by atoms with van der Waals surface area (Å²) in [6.07, 6.45) is 4.74. The fourth-order valence-corrected chi connectivity index (χ4v) is 5.84. The summed E-state index contributed by atoms with van der Waals surface area (Å²) in [5.74, 6) is 0. The maximum atomic E-state index is 13.5. The molecule has 3 atom stereocenters. The summed E-state index contributed by atoms with van der Waals surface area (Å²) in [5, 5.41) is 20.0. The van der Waals surface area contributed by atoms with Crippen molar-refractivity contribution in [1.29, 1.82) is 5.26 Å². The van der Waals surface area contributed by atoms with Crippen molar-refractivity contribution in [2.24, 2.45) is 0 Å². The van der Waals surface area contributed by atoms with Crippen LogP contribution in [0.15, 0.2) is 48.5 Å². The molecule has 1 aliphatic carbocycles. The molecular formula is C27H32N4O2. The van der Waals surface area contributed by atoms with Crippen molar-refractivity contribution in [2.75, 3.05) is 19.6 Å². The van der Waals surface area contributed by atoms with E-state index in [0.29, 0.717) is 25.2 Å². The molecule has 2 aliphatic heterocycles. The van der Waals surface area contributed by atoms with Crippen molar-refractivity contribution < 1.29 is 9.90 Å². The summed E-state index contributed by atoms with van der Waals surface area (Å²) in [5.41, 5.74) is 4.42. The molecule has 2 aromatic rings. The second kappa shape index (κ2) is 9.54. The Hall–Kier alpha value is -2.88. The summed E-state index contributed by atoms with van der Waals surface area (Å²) in [4.78, 5) is 19.7. The van der Waals surface area contributed by atoms with Crippen LogP contribution in [0.5, 0.6) is 0 Å². The first kappa shape index (κ1) is 21.9. The van der Waals surface area contributed by atoms with Gasteiger partial charge in [-0.05, 0) is 48.1 Å². The molecule has 172 valence electrons. The summed E-state index contributed by atoms with van der Waals surface area (Å²) < 4.78 is 0. The van der Waals surface area contributed by atoms with Crippen molar-refractivity contribution in [3.63, 3.8) is 0 Å². The van der Waals surface area contributed by atoms with Gasteiger partial charge < -0.3 is 14.9 Å². The van der Waals surface area contributed by atoms with E-state index in [0.717, 1.165) is 50.8 Å². The number of carbonyl (C=O) groups excluding carboxylic acids is 1. The van der Waals surface area contributed by atoms with E-state index in [4.69, 9.17) is 5.26 Å². The molecule has 2 fully saturated rings. The highest BCUT2D eigenvalue weighted by atomic mass is 16.3.